The lowest BCUT2D eigenvalue weighted by Gasteiger charge is -2.33. The lowest BCUT2D eigenvalue weighted by atomic mass is 10.1. The molecule has 3 nitrogen and oxygen atoms in total. The molecule has 0 spiro atoms. The number of carbonyl (C=O) groups excluding carboxylic acids is 1. The quantitative estimate of drug-likeness (QED) is 0.131. The second-order valence-electron chi connectivity index (χ2n) is 9.27. The lowest BCUT2D eigenvalue weighted by Crippen LogP contribution is -2.15. The first-order valence-electron chi connectivity index (χ1n) is 13.2. The Morgan fingerprint density at radius 1 is 0.743 bits per heavy atom. The van der Waals surface area contributed by atoms with Gasteiger partial charge in [-0.05, 0) is 61.0 Å². The predicted octanol–water partition coefficient (Wildman–Crippen LogP) is 9.73. The van der Waals surface area contributed by atoms with Gasteiger partial charge in [-0.3, -0.25) is 4.79 Å². The first kappa shape index (κ1) is 25.4. The first-order chi connectivity index (χ1) is 17.3. The van der Waals surface area contributed by atoms with Gasteiger partial charge in [0.05, 0.1) is 18.0 Å². The number of aldehydes is 1. The van der Waals surface area contributed by atoms with Gasteiger partial charge in [0.1, 0.15) is 12.0 Å². The van der Waals surface area contributed by atoms with Crippen LogP contribution in [0, 0.1) is 0 Å². The van der Waals surface area contributed by atoms with Crippen LogP contribution in [-0.2, 0) is 0 Å². The molecule has 0 saturated heterocycles. The molecule has 1 aliphatic rings. The van der Waals surface area contributed by atoms with E-state index >= 15 is 0 Å². The number of para-hydroxylation sites is 1. The van der Waals surface area contributed by atoms with Gasteiger partial charge in [-0.2, -0.15) is 0 Å². The normalized spacial score (nSPS) is 12.2. The summed E-state index contributed by atoms with van der Waals surface area (Å²) in [6.45, 7) is 3.05. The largest absolute Gasteiger partial charge is 0.494 e. The van der Waals surface area contributed by atoms with Crippen molar-refractivity contribution in [2.75, 3.05) is 11.5 Å². The van der Waals surface area contributed by atoms with Crippen molar-refractivity contribution in [1.29, 1.82) is 0 Å². The zero-order chi connectivity index (χ0) is 24.3. The molecule has 4 rings (SSSR count). The van der Waals surface area contributed by atoms with Gasteiger partial charge in [0, 0.05) is 21.0 Å². The molecule has 0 bridgehead atoms. The van der Waals surface area contributed by atoms with Gasteiger partial charge in [0.2, 0.25) is 0 Å². The number of carbonyl (C=O) groups is 1. The van der Waals surface area contributed by atoms with Gasteiger partial charge in [0.25, 0.3) is 0 Å². The summed E-state index contributed by atoms with van der Waals surface area (Å²) in [5, 5.41) is 0. The van der Waals surface area contributed by atoms with Crippen LogP contribution in [0.25, 0.3) is 0 Å². The zero-order valence-electron chi connectivity index (χ0n) is 20.9. The molecule has 3 aromatic carbocycles. The SMILES string of the molecule is CCCCCCCCCCCCOc1ccc(N2c3ccccc3Sc3cc(C=O)ccc32)cc1. The number of nitrogens with zero attached hydrogens (tertiary/aromatic N) is 1. The van der Waals surface area contributed by atoms with Gasteiger partial charge in [0.15, 0.2) is 0 Å². The van der Waals surface area contributed by atoms with Crippen molar-refractivity contribution in [2.45, 2.75) is 80.9 Å². The summed E-state index contributed by atoms with van der Waals surface area (Å²) in [4.78, 5) is 15.9. The van der Waals surface area contributed by atoms with Gasteiger partial charge in [-0.1, -0.05) is 88.6 Å². The van der Waals surface area contributed by atoms with E-state index in [1.54, 1.807) is 11.8 Å². The Morgan fingerprint density at radius 2 is 1.40 bits per heavy atom. The number of fused-ring (bicyclic) bond motifs is 2. The maximum atomic E-state index is 11.3. The van der Waals surface area contributed by atoms with E-state index in [4.69, 9.17) is 4.74 Å². The van der Waals surface area contributed by atoms with Crippen LogP contribution in [0.3, 0.4) is 0 Å². The summed E-state index contributed by atoms with van der Waals surface area (Å²) < 4.78 is 6.03. The maximum Gasteiger partial charge on any atom is 0.150 e. The van der Waals surface area contributed by atoms with E-state index in [2.05, 4.69) is 60.4 Å². The Hall–Kier alpha value is -2.72. The van der Waals surface area contributed by atoms with Crippen molar-refractivity contribution in [2.24, 2.45) is 0 Å². The third-order valence-corrected chi connectivity index (χ3v) is 7.66. The molecule has 1 heterocycles. The molecule has 0 unspecified atom stereocenters. The third-order valence-electron chi connectivity index (χ3n) is 6.55. The monoisotopic (exact) mass is 487 g/mol. The van der Waals surface area contributed by atoms with Crippen LogP contribution >= 0.6 is 11.8 Å². The number of anilines is 3. The van der Waals surface area contributed by atoms with Gasteiger partial charge >= 0.3 is 0 Å². The second-order valence-corrected chi connectivity index (χ2v) is 10.4. The number of hydrogen-bond acceptors (Lipinski definition) is 4. The van der Waals surface area contributed by atoms with E-state index in [9.17, 15) is 4.79 Å². The average molecular weight is 488 g/mol. The predicted molar refractivity (Wildman–Crippen MR) is 148 cm³/mol. The van der Waals surface area contributed by atoms with Crippen molar-refractivity contribution in [3.8, 4) is 5.75 Å². The lowest BCUT2D eigenvalue weighted by molar-refractivity contribution is 0.112. The molecule has 0 radical (unpaired) electrons. The molecule has 35 heavy (non-hydrogen) atoms. The van der Waals surface area contributed by atoms with E-state index in [1.807, 2.05) is 18.2 Å². The average Bonchev–Trinajstić information content (AvgIpc) is 2.90. The summed E-state index contributed by atoms with van der Waals surface area (Å²) in [5.74, 6) is 0.917. The van der Waals surface area contributed by atoms with Gasteiger partial charge in [-0.15, -0.1) is 0 Å². The molecule has 3 aromatic rings. The van der Waals surface area contributed by atoms with Crippen LogP contribution in [0.5, 0.6) is 5.75 Å². The summed E-state index contributed by atoms with van der Waals surface area (Å²) in [6.07, 6.45) is 14.2. The molecule has 184 valence electrons. The molecule has 0 saturated carbocycles. The molecule has 0 amide bonds. The second kappa shape index (κ2) is 13.4. The van der Waals surface area contributed by atoms with Crippen LogP contribution in [0.1, 0.15) is 81.5 Å². The highest BCUT2D eigenvalue weighted by molar-refractivity contribution is 7.99. The highest BCUT2D eigenvalue weighted by atomic mass is 32.2. The summed E-state index contributed by atoms with van der Waals surface area (Å²) >= 11 is 1.71. The van der Waals surface area contributed by atoms with Gasteiger partial charge < -0.3 is 9.64 Å². The molecule has 0 aromatic heterocycles. The Labute approximate surface area is 214 Å². The number of unbranched alkanes of at least 4 members (excludes halogenated alkanes) is 9. The number of ether oxygens (including phenoxy) is 1. The number of benzene rings is 3. The smallest absolute Gasteiger partial charge is 0.150 e. The highest BCUT2D eigenvalue weighted by Gasteiger charge is 2.24. The van der Waals surface area contributed by atoms with Crippen molar-refractivity contribution in [3.05, 3.63) is 72.3 Å². The van der Waals surface area contributed by atoms with E-state index in [0.717, 1.165) is 47.0 Å². The van der Waals surface area contributed by atoms with E-state index < -0.39 is 0 Å². The van der Waals surface area contributed by atoms with Crippen molar-refractivity contribution in [1.82, 2.24) is 0 Å². The van der Waals surface area contributed by atoms with Crippen LogP contribution in [0.15, 0.2) is 76.5 Å². The molecule has 0 N–H and O–H groups in total. The zero-order valence-corrected chi connectivity index (χ0v) is 21.7. The molecule has 0 aliphatic carbocycles. The van der Waals surface area contributed by atoms with Crippen molar-refractivity contribution < 1.29 is 9.53 Å². The summed E-state index contributed by atoms with van der Waals surface area (Å²) in [6, 6.07) is 22.7. The standard InChI is InChI=1S/C31H37NO2S/c1-2-3-4-5-6-7-8-9-10-13-22-34-27-19-17-26(18-20-27)32-28-14-11-12-15-30(28)35-31-23-25(24-33)16-21-29(31)32/h11-12,14-21,23-24H,2-10,13,22H2,1H3. The van der Waals surface area contributed by atoms with E-state index in [1.165, 1.54) is 62.7 Å². The fraction of sp³-hybridized carbons (Fsp3) is 0.387. The van der Waals surface area contributed by atoms with E-state index in [-0.39, 0.29) is 0 Å². The Morgan fingerprint density at radius 3 is 2.11 bits per heavy atom. The Bertz CT molecular complexity index is 1080. The maximum absolute atomic E-state index is 11.3. The molecular formula is C31H37NO2S. The molecule has 4 heteroatoms. The Balaban J connectivity index is 1.30. The minimum atomic E-state index is 0.700. The first-order valence-corrected chi connectivity index (χ1v) is 14.0. The van der Waals surface area contributed by atoms with Crippen molar-refractivity contribution >= 4 is 35.1 Å². The topological polar surface area (TPSA) is 29.5 Å². The summed E-state index contributed by atoms with van der Waals surface area (Å²) in [5.41, 5.74) is 4.04. The number of hydrogen-bond donors (Lipinski definition) is 0. The Kier molecular flexibility index (Phi) is 9.71. The van der Waals surface area contributed by atoms with Crippen LogP contribution in [-0.4, -0.2) is 12.9 Å². The number of rotatable bonds is 14. The fourth-order valence-electron chi connectivity index (χ4n) is 4.60. The molecule has 0 fully saturated rings. The van der Waals surface area contributed by atoms with Gasteiger partial charge in [-0.25, -0.2) is 0 Å². The minimum absolute atomic E-state index is 0.700. The molecule has 1 aliphatic heterocycles. The molecular weight excluding hydrogens is 450 g/mol. The highest BCUT2D eigenvalue weighted by Crippen LogP contribution is 2.51. The fourth-order valence-corrected chi connectivity index (χ4v) is 5.70. The third kappa shape index (κ3) is 6.91. The van der Waals surface area contributed by atoms with Crippen LogP contribution in [0.2, 0.25) is 0 Å². The van der Waals surface area contributed by atoms with E-state index in [0.29, 0.717) is 5.56 Å². The van der Waals surface area contributed by atoms with Crippen LogP contribution < -0.4 is 9.64 Å². The van der Waals surface area contributed by atoms with Crippen LogP contribution in [0.4, 0.5) is 17.1 Å². The minimum Gasteiger partial charge on any atom is -0.494 e. The summed E-state index contributed by atoms with van der Waals surface area (Å²) in [7, 11) is 0. The van der Waals surface area contributed by atoms with Crippen molar-refractivity contribution in [3.63, 3.8) is 0 Å². The molecule has 0 atom stereocenters.